The summed E-state index contributed by atoms with van der Waals surface area (Å²) in [6, 6.07) is 30.7. The zero-order chi connectivity index (χ0) is 22.5. The van der Waals surface area contributed by atoms with Crippen LogP contribution < -0.4 is 4.90 Å². The molecule has 0 unspecified atom stereocenters. The van der Waals surface area contributed by atoms with E-state index in [9.17, 15) is 0 Å². The standard InChI is InChI=1S/C22H26N2.C8H7N/c1-2-19-17-24(22-11-7-6-10-21(19)22)20-12-14-23(15-13-20)16-18-8-4-3-5-9-18;1-2-4-8-7(3-1)5-6-9-8/h2-11,20H,12-17H2,1H3;1-6,9H. The summed E-state index contributed by atoms with van der Waals surface area (Å²) < 4.78 is 0. The Morgan fingerprint density at radius 1 is 0.848 bits per heavy atom. The van der Waals surface area contributed by atoms with E-state index in [1.165, 1.54) is 59.2 Å². The minimum Gasteiger partial charge on any atom is -0.364 e. The quantitative estimate of drug-likeness (QED) is 0.385. The molecule has 0 spiro atoms. The van der Waals surface area contributed by atoms with E-state index in [4.69, 9.17) is 0 Å². The van der Waals surface area contributed by atoms with Crippen LogP contribution in [0.2, 0.25) is 0 Å². The van der Waals surface area contributed by atoms with Crippen LogP contribution in [0.15, 0.2) is 97.2 Å². The summed E-state index contributed by atoms with van der Waals surface area (Å²) >= 11 is 0. The van der Waals surface area contributed by atoms with Crippen molar-refractivity contribution >= 4 is 22.2 Å². The lowest BCUT2D eigenvalue weighted by Crippen LogP contribution is -2.44. The molecule has 0 atom stereocenters. The lowest BCUT2D eigenvalue weighted by molar-refractivity contribution is 0.203. The van der Waals surface area contributed by atoms with E-state index >= 15 is 0 Å². The Balaban J connectivity index is 0.000000211. The van der Waals surface area contributed by atoms with E-state index in [0.717, 1.165) is 13.1 Å². The number of anilines is 1. The number of aromatic nitrogens is 1. The van der Waals surface area contributed by atoms with Crippen LogP contribution in [0.25, 0.3) is 16.5 Å². The number of para-hydroxylation sites is 2. The Labute approximate surface area is 197 Å². The van der Waals surface area contributed by atoms with Crippen molar-refractivity contribution in [2.45, 2.75) is 32.4 Å². The number of nitrogens with one attached hydrogen (secondary N) is 1. The van der Waals surface area contributed by atoms with Crippen molar-refractivity contribution in [1.82, 2.24) is 9.88 Å². The number of nitrogens with zero attached hydrogens (tertiary/aromatic N) is 2. The molecule has 2 aliphatic rings. The molecule has 6 rings (SSSR count). The number of H-pyrrole nitrogens is 1. The molecule has 3 heterocycles. The lowest BCUT2D eigenvalue weighted by Gasteiger charge is -2.38. The van der Waals surface area contributed by atoms with Gasteiger partial charge in [-0.2, -0.15) is 0 Å². The summed E-state index contributed by atoms with van der Waals surface area (Å²) in [6.45, 7) is 6.73. The van der Waals surface area contributed by atoms with E-state index < -0.39 is 0 Å². The van der Waals surface area contributed by atoms with Gasteiger partial charge in [-0.15, -0.1) is 0 Å². The number of hydrogen-bond acceptors (Lipinski definition) is 2. The molecule has 1 N–H and O–H groups in total. The Hall–Kier alpha value is -3.30. The van der Waals surface area contributed by atoms with Crippen molar-refractivity contribution < 1.29 is 0 Å². The summed E-state index contributed by atoms with van der Waals surface area (Å²) in [5.74, 6) is 0. The van der Waals surface area contributed by atoms with Crippen LogP contribution in [0.3, 0.4) is 0 Å². The lowest BCUT2D eigenvalue weighted by atomic mass is 10.0. The van der Waals surface area contributed by atoms with Crippen molar-refractivity contribution in [1.29, 1.82) is 0 Å². The number of likely N-dealkylation sites (tertiary alicyclic amines) is 1. The average molecular weight is 436 g/mol. The monoisotopic (exact) mass is 435 g/mol. The molecule has 0 amide bonds. The number of rotatable bonds is 3. The van der Waals surface area contributed by atoms with Crippen molar-refractivity contribution in [3.8, 4) is 0 Å². The summed E-state index contributed by atoms with van der Waals surface area (Å²) in [5, 5.41) is 1.28. The highest BCUT2D eigenvalue weighted by atomic mass is 15.2. The molecule has 0 bridgehead atoms. The van der Waals surface area contributed by atoms with E-state index in [2.05, 4.69) is 101 Å². The molecule has 0 aliphatic carbocycles. The summed E-state index contributed by atoms with van der Waals surface area (Å²) in [4.78, 5) is 8.36. The molecule has 2 aliphatic heterocycles. The molecule has 3 heteroatoms. The average Bonchev–Trinajstić information content (AvgIpc) is 3.50. The Kier molecular flexibility index (Phi) is 6.59. The molecular formula is C30H33N3. The third kappa shape index (κ3) is 4.89. The maximum absolute atomic E-state index is 3.12. The van der Waals surface area contributed by atoms with Crippen LogP contribution in [-0.4, -0.2) is 35.6 Å². The zero-order valence-corrected chi connectivity index (χ0v) is 19.5. The van der Waals surface area contributed by atoms with Crippen LogP contribution in [-0.2, 0) is 6.54 Å². The first-order valence-corrected chi connectivity index (χ1v) is 12.1. The summed E-state index contributed by atoms with van der Waals surface area (Å²) in [7, 11) is 0. The Bertz CT molecular complexity index is 1170. The second kappa shape index (κ2) is 10.1. The normalized spacial score (nSPS) is 17.7. The molecule has 4 aromatic rings. The van der Waals surface area contributed by atoms with Gasteiger partial charge in [0.1, 0.15) is 0 Å². The van der Waals surface area contributed by atoms with E-state index in [1.54, 1.807) is 0 Å². The van der Waals surface area contributed by atoms with Crippen LogP contribution in [0, 0.1) is 0 Å². The highest BCUT2D eigenvalue weighted by Gasteiger charge is 2.30. The van der Waals surface area contributed by atoms with Gasteiger partial charge >= 0.3 is 0 Å². The molecule has 0 radical (unpaired) electrons. The minimum atomic E-state index is 0.677. The number of fused-ring (bicyclic) bond motifs is 2. The molecular weight excluding hydrogens is 402 g/mol. The number of piperidine rings is 1. The van der Waals surface area contributed by atoms with Gasteiger partial charge < -0.3 is 9.88 Å². The van der Waals surface area contributed by atoms with Crippen LogP contribution >= 0.6 is 0 Å². The number of aromatic amines is 1. The predicted octanol–water partition coefficient (Wildman–Crippen LogP) is 6.74. The van der Waals surface area contributed by atoms with Gasteiger partial charge in [-0.3, -0.25) is 4.90 Å². The molecule has 168 valence electrons. The van der Waals surface area contributed by atoms with Crippen LogP contribution in [0.4, 0.5) is 5.69 Å². The highest BCUT2D eigenvalue weighted by molar-refractivity contribution is 5.85. The molecule has 1 saturated heterocycles. The zero-order valence-electron chi connectivity index (χ0n) is 19.5. The van der Waals surface area contributed by atoms with Crippen LogP contribution in [0.5, 0.6) is 0 Å². The number of benzene rings is 3. The van der Waals surface area contributed by atoms with Gasteiger partial charge in [-0.25, -0.2) is 0 Å². The fourth-order valence-electron chi connectivity index (χ4n) is 5.15. The highest BCUT2D eigenvalue weighted by Crippen LogP contribution is 2.38. The van der Waals surface area contributed by atoms with Gasteiger partial charge in [0.2, 0.25) is 0 Å². The van der Waals surface area contributed by atoms with E-state index in [0.29, 0.717) is 6.04 Å². The molecule has 1 fully saturated rings. The SMILES string of the molecule is CC=C1CN(C2CCN(Cc3ccccc3)CC2)c2ccccc21.c1ccc2[nH]ccc2c1. The van der Waals surface area contributed by atoms with E-state index in [1.807, 2.05) is 18.3 Å². The third-order valence-corrected chi connectivity index (χ3v) is 6.96. The Morgan fingerprint density at radius 2 is 1.58 bits per heavy atom. The first-order valence-electron chi connectivity index (χ1n) is 12.1. The predicted molar refractivity (Wildman–Crippen MR) is 140 cm³/mol. The van der Waals surface area contributed by atoms with Crippen molar-refractivity contribution in [3.63, 3.8) is 0 Å². The smallest absolute Gasteiger partial charge is 0.0453 e. The van der Waals surface area contributed by atoms with Gasteiger partial charge in [0, 0.05) is 55.2 Å². The third-order valence-electron chi connectivity index (χ3n) is 6.96. The van der Waals surface area contributed by atoms with Crippen molar-refractivity contribution in [2.75, 3.05) is 24.5 Å². The number of allylic oxidation sites excluding steroid dienone is 1. The van der Waals surface area contributed by atoms with Crippen LogP contribution in [0.1, 0.15) is 30.9 Å². The molecule has 3 nitrogen and oxygen atoms in total. The molecule has 1 aromatic heterocycles. The fraction of sp³-hybridized carbons (Fsp3) is 0.267. The summed E-state index contributed by atoms with van der Waals surface area (Å²) in [6.07, 6.45) is 6.75. The second-order valence-corrected chi connectivity index (χ2v) is 9.02. The summed E-state index contributed by atoms with van der Waals surface area (Å²) in [5.41, 5.74) is 6.99. The molecule has 33 heavy (non-hydrogen) atoms. The largest absolute Gasteiger partial charge is 0.364 e. The second-order valence-electron chi connectivity index (χ2n) is 9.02. The minimum absolute atomic E-state index is 0.677. The van der Waals surface area contributed by atoms with E-state index in [-0.39, 0.29) is 0 Å². The Morgan fingerprint density at radius 3 is 2.36 bits per heavy atom. The van der Waals surface area contributed by atoms with Gasteiger partial charge in [0.15, 0.2) is 0 Å². The number of hydrogen-bond donors (Lipinski definition) is 1. The van der Waals surface area contributed by atoms with Gasteiger partial charge in [-0.05, 0) is 54.5 Å². The first kappa shape index (κ1) is 21.5. The van der Waals surface area contributed by atoms with Gasteiger partial charge in [0.05, 0.1) is 0 Å². The topological polar surface area (TPSA) is 22.3 Å². The molecule has 3 aromatic carbocycles. The van der Waals surface area contributed by atoms with Gasteiger partial charge in [-0.1, -0.05) is 72.8 Å². The molecule has 0 saturated carbocycles. The fourth-order valence-corrected chi connectivity index (χ4v) is 5.15. The maximum atomic E-state index is 3.12. The van der Waals surface area contributed by atoms with Crippen molar-refractivity contribution in [3.05, 3.63) is 108 Å². The first-order chi connectivity index (χ1) is 16.3. The maximum Gasteiger partial charge on any atom is 0.0453 e. The van der Waals surface area contributed by atoms with Gasteiger partial charge in [0.25, 0.3) is 0 Å². The van der Waals surface area contributed by atoms with Crippen molar-refractivity contribution in [2.24, 2.45) is 0 Å².